The van der Waals surface area contributed by atoms with E-state index in [1.807, 2.05) is 13.8 Å². The zero-order valence-electron chi connectivity index (χ0n) is 15.7. The maximum Gasteiger partial charge on any atom is 0.387 e. The lowest BCUT2D eigenvalue weighted by atomic mass is 9.84. The number of ether oxygens (including phenoxy) is 1. The van der Waals surface area contributed by atoms with Gasteiger partial charge in [0.15, 0.2) is 5.78 Å². The lowest BCUT2D eigenvalue weighted by molar-refractivity contribution is -0.0498. The summed E-state index contributed by atoms with van der Waals surface area (Å²) in [6, 6.07) is 7.44. The smallest absolute Gasteiger partial charge is 0.387 e. The average Bonchev–Trinajstić information content (AvgIpc) is 2.59. The first-order valence-corrected chi connectivity index (χ1v) is 8.54. The molecule has 0 saturated heterocycles. The van der Waals surface area contributed by atoms with E-state index in [0.717, 1.165) is 5.56 Å². The highest BCUT2D eigenvalue weighted by Gasteiger charge is 2.22. The summed E-state index contributed by atoms with van der Waals surface area (Å²) in [4.78, 5) is 32.9. The first-order valence-electron chi connectivity index (χ1n) is 8.54. The Bertz CT molecular complexity index is 833. The Kier molecular flexibility index (Phi) is 6.65. The number of benzene rings is 1. The van der Waals surface area contributed by atoms with Crippen LogP contribution in [0.1, 0.15) is 42.2 Å². The van der Waals surface area contributed by atoms with E-state index in [1.165, 1.54) is 18.2 Å². The van der Waals surface area contributed by atoms with Gasteiger partial charge >= 0.3 is 6.61 Å². The minimum Gasteiger partial charge on any atom is -0.435 e. The topological polar surface area (TPSA) is 75.3 Å². The SMILES string of the molecule is CC(C)[C@@H](CC(=O)c1cc(=O)[nH]c(N(C)C)n1)c1ccc(OC(F)F)cc1. The quantitative estimate of drug-likeness (QED) is 0.711. The first-order chi connectivity index (χ1) is 12.7. The Labute approximate surface area is 156 Å². The van der Waals surface area contributed by atoms with Crippen LogP contribution < -0.4 is 15.2 Å². The molecule has 0 fully saturated rings. The van der Waals surface area contributed by atoms with Gasteiger partial charge in [0, 0.05) is 26.6 Å². The van der Waals surface area contributed by atoms with Gasteiger partial charge in [-0.15, -0.1) is 0 Å². The van der Waals surface area contributed by atoms with Crippen molar-refractivity contribution >= 4 is 11.7 Å². The van der Waals surface area contributed by atoms with E-state index in [9.17, 15) is 18.4 Å². The molecule has 0 spiro atoms. The maximum absolute atomic E-state index is 12.7. The van der Waals surface area contributed by atoms with Crippen molar-refractivity contribution in [2.24, 2.45) is 5.92 Å². The summed E-state index contributed by atoms with van der Waals surface area (Å²) in [5, 5.41) is 0. The number of anilines is 1. The Morgan fingerprint density at radius 3 is 2.37 bits per heavy atom. The average molecular weight is 379 g/mol. The number of ketones is 1. The van der Waals surface area contributed by atoms with Gasteiger partial charge < -0.3 is 9.64 Å². The van der Waals surface area contributed by atoms with Gasteiger partial charge in [0.05, 0.1) is 0 Å². The Balaban J connectivity index is 2.23. The molecule has 0 bridgehead atoms. The van der Waals surface area contributed by atoms with Gasteiger partial charge in [-0.1, -0.05) is 26.0 Å². The molecule has 1 atom stereocenters. The number of carbonyl (C=O) groups is 1. The molecule has 2 aromatic rings. The van der Waals surface area contributed by atoms with Crippen molar-refractivity contribution in [2.45, 2.75) is 32.8 Å². The van der Waals surface area contributed by atoms with Gasteiger partial charge in [0.25, 0.3) is 5.56 Å². The second-order valence-electron chi connectivity index (χ2n) is 6.77. The monoisotopic (exact) mass is 379 g/mol. The molecule has 0 aliphatic heterocycles. The van der Waals surface area contributed by atoms with E-state index < -0.39 is 12.2 Å². The Morgan fingerprint density at radius 1 is 1.22 bits per heavy atom. The third kappa shape index (κ3) is 5.60. The second-order valence-corrected chi connectivity index (χ2v) is 6.77. The van der Waals surface area contributed by atoms with E-state index in [2.05, 4.69) is 14.7 Å². The molecule has 8 heteroatoms. The van der Waals surface area contributed by atoms with Crippen LogP contribution >= 0.6 is 0 Å². The van der Waals surface area contributed by atoms with Gasteiger partial charge in [0.1, 0.15) is 11.4 Å². The van der Waals surface area contributed by atoms with Crippen molar-refractivity contribution in [1.29, 1.82) is 0 Å². The van der Waals surface area contributed by atoms with Crippen LogP contribution in [0.25, 0.3) is 0 Å². The second kappa shape index (κ2) is 8.75. The van der Waals surface area contributed by atoms with Gasteiger partial charge in [-0.25, -0.2) is 4.98 Å². The fraction of sp³-hybridized carbons (Fsp3) is 0.421. The van der Waals surface area contributed by atoms with Crippen LogP contribution in [0.4, 0.5) is 14.7 Å². The number of nitrogens with one attached hydrogen (secondary N) is 1. The van der Waals surface area contributed by atoms with Crippen molar-refractivity contribution < 1.29 is 18.3 Å². The molecule has 27 heavy (non-hydrogen) atoms. The third-order valence-electron chi connectivity index (χ3n) is 4.18. The molecule has 0 amide bonds. The summed E-state index contributed by atoms with van der Waals surface area (Å²) in [7, 11) is 3.43. The van der Waals surface area contributed by atoms with Crippen LogP contribution in [0, 0.1) is 5.92 Å². The van der Waals surface area contributed by atoms with Crippen LogP contribution in [0.15, 0.2) is 35.1 Å². The van der Waals surface area contributed by atoms with Crippen LogP contribution in [-0.2, 0) is 0 Å². The highest BCUT2D eigenvalue weighted by molar-refractivity contribution is 5.95. The summed E-state index contributed by atoms with van der Waals surface area (Å²) < 4.78 is 28.9. The van der Waals surface area contributed by atoms with Crippen molar-refractivity contribution in [3.63, 3.8) is 0 Å². The highest BCUT2D eigenvalue weighted by atomic mass is 19.3. The Morgan fingerprint density at radius 2 is 1.85 bits per heavy atom. The minimum atomic E-state index is -2.88. The lowest BCUT2D eigenvalue weighted by Crippen LogP contribution is -2.22. The fourth-order valence-electron chi connectivity index (χ4n) is 2.74. The van der Waals surface area contributed by atoms with Crippen molar-refractivity contribution in [3.05, 3.63) is 51.9 Å². The van der Waals surface area contributed by atoms with Crippen molar-refractivity contribution in [3.8, 4) is 5.75 Å². The number of aromatic amines is 1. The summed E-state index contributed by atoms with van der Waals surface area (Å²) in [5.74, 6) is 0.0823. The molecule has 6 nitrogen and oxygen atoms in total. The third-order valence-corrected chi connectivity index (χ3v) is 4.18. The van der Waals surface area contributed by atoms with E-state index in [0.29, 0.717) is 5.95 Å². The van der Waals surface area contributed by atoms with E-state index >= 15 is 0 Å². The number of rotatable bonds is 8. The largest absolute Gasteiger partial charge is 0.435 e. The van der Waals surface area contributed by atoms with Crippen LogP contribution in [-0.4, -0.2) is 36.5 Å². The predicted octanol–water partition coefficient (Wildman–Crippen LogP) is 3.45. The van der Waals surface area contributed by atoms with Gasteiger partial charge in [-0.2, -0.15) is 8.78 Å². The van der Waals surface area contributed by atoms with E-state index in [-0.39, 0.29) is 35.5 Å². The van der Waals surface area contributed by atoms with Gasteiger partial charge in [0.2, 0.25) is 5.95 Å². The first kappa shape index (κ1) is 20.5. The van der Waals surface area contributed by atoms with E-state index in [4.69, 9.17) is 0 Å². The molecule has 1 N–H and O–H groups in total. The number of Topliss-reactive ketones (excluding diaryl/α,β-unsaturated/α-hetero) is 1. The van der Waals surface area contributed by atoms with Crippen LogP contribution in [0.2, 0.25) is 0 Å². The molecule has 0 radical (unpaired) electrons. The molecule has 0 aliphatic carbocycles. The minimum absolute atomic E-state index is 0.0643. The molecule has 0 unspecified atom stereocenters. The molecule has 1 heterocycles. The normalized spacial score (nSPS) is 12.3. The number of hydrogen-bond donors (Lipinski definition) is 1. The summed E-state index contributed by atoms with van der Waals surface area (Å²) in [6.07, 6.45) is 0.149. The molecular weight excluding hydrogens is 356 g/mol. The van der Waals surface area contributed by atoms with Crippen LogP contribution in [0.3, 0.4) is 0 Å². The zero-order chi connectivity index (χ0) is 20.1. The molecule has 0 saturated carbocycles. The number of H-pyrrole nitrogens is 1. The molecule has 146 valence electrons. The molecule has 0 aliphatic rings. The molecule has 1 aromatic heterocycles. The zero-order valence-corrected chi connectivity index (χ0v) is 15.7. The molecule has 2 rings (SSSR count). The number of alkyl halides is 2. The fourth-order valence-corrected chi connectivity index (χ4v) is 2.74. The van der Waals surface area contributed by atoms with E-state index in [1.54, 1.807) is 31.1 Å². The van der Waals surface area contributed by atoms with Crippen molar-refractivity contribution in [1.82, 2.24) is 9.97 Å². The summed E-state index contributed by atoms with van der Waals surface area (Å²) >= 11 is 0. The predicted molar refractivity (Wildman–Crippen MR) is 98.8 cm³/mol. The molecule has 1 aromatic carbocycles. The summed E-state index contributed by atoms with van der Waals surface area (Å²) in [6.45, 7) is 1.06. The number of halogens is 2. The van der Waals surface area contributed by atoms with Crippen molar-refractivity contribution in [2.75, 3.05) is 19.0 Å². The van der Waals surface area contributed by atoms with Crippen LogP contribution in [0.5, 0.6) is 5.75 Å². The maximum atomic E-state index is 12.7. The van der Waals surface area contributed by atoms with Gasteiger partial charge in [-0.05, 0) is 29.5 Å². The van der Waals surface area contributed by atoms with Gasteiger partial charge in [-0.3, -0.25) is 14.6 Å². The standard InChI is InChI=1S/C19H23F2N3O3/c1-11(2)14(12-5-7-13(8-6-12)27-18(20)21)9-16(25)15-10-17(26)23-19(22-15)24(3)4/h5-8,10-11,14,18H,9H2,1-4H3,(H,22,23,26)/t14-/m1/s1. The number of hydrogen-bond acceptors (Lipinski definition) is 5. The number of aromatic nitrogens is 2. The molecular formula is C19H23F2N3O3. The summed E-state index contributed by atoms with van der Waals surface area (Å²) in [5.41, 5.74) is 0.537. The lowest BCUT2D eigenvalue weighted by Gasteiger charge is -2.21. The Hall–Kier alpha value is -2.77. The number of carbonyl (C=O) groups excluding carboxylic acids is 1. The highest BCUT2D eigenvalue weighted by Crippen LogP contribution is 2.30. The number of nitrogens with zero attached hydrogens (tertiary/aromatic N) is 2.